The molecule has 126 valence electrons. The van der Waals surface area contributed by atoms with Gasteiger partial charge in [-0.1, -0.05) is 6.07 Å². The van der Waals surface area contributed by atoms with Crippen LogP contribution in [-0.2, 0) is 0 Å². The molecule has 1 aromatic carbocycles. The summed E-state index contributed by atoms with van der Waals surface area (Å²) in [6.45, 7) is 3.64. The summed E-state index contributed by atoms with van der Waals surface area (Å²) in [4.78, 5) is 28.3. The fourth-order valence-electron chi connectivity index (χ4n) is 2.76. The molecule has 0 aliphatic carbocycles. The molecule has 2 aromatic rings. The van der Waals surface area contributed by atoms with Crippen LogP contribution < -0.4 is 10.6 Å². The topological polar surface area (TPSA) is 97.2 Å². The number of aryl methyl sites for hydroxylation is 1. The molecule has 1 aliphatic heterocycles. The molecular weight excluding hydrogens is 328 g/mol. The Morgan fingerprint density at radius 3 is 2.88 bits per heavy atom. The van der Waals surface area contributed by atoms with E-state index in [0.717, 1.165) is 25.9 Å². The van der Waals surface area contributed by atoms with Crippen LogP contribution in [0.4, 0.5) is 10.8 Å². The maximum absolute atomic E-state index is 12.3. The molecule has 8 heteroatoms. The predicted molar refractivity (Wildman–Crippen MR) is 92.7 cm³/mol. The van der Waals surface area contributed by atoms with Gasteiger partial charge in [0.05, 0.1) is 4.92 Å². The van der Waals surface area contributed by atoms with Crippen molar-refractivity contribution in [3.63, 3.8) is 0 Å². The van der Waals surface area contributed by atoms with Crippen LogP contribution in [0.25, 0.3) is 0 Å². The molecule has 7 nitrogen and oxygen atoms in total. The smallest absolute Gasteiger partial charge is 0.273 e. The highest BCUT2D eigenvalue weighted by molar-refractivity contribution is 7.15. The van der Waals surface area contributed by atoms with Gasteiger partial charge < -0.3 is 5.32 Å². The zero-order valence-corrected chi connectivity index (χ0v) is 14.1. The second kappa shape index (κ2) is 7.06. The number of anilines is 1. The van der Waals surface area contributed by atoms with Crippen molar-refractivity contribution in [2.45, 2.75) is 25.7 Å². The van der Waals surface area contributed by atoms with Crippen LogP contribution in [0.15, 0.2) is 24.4 Å². The third kappa shape index (κ3) is 3.60. The van der Waals surface area contributed by atoms with E-state index in [4.69, 9.17) is 0 Å². The number of amides is 1. The molecule has 1 amide bonds. The fraction of sp³-hybridized carbons (Fsp3) is 0.375. The summed E-state index contributed by atoms with van der Waals surface area (Å²) in [7, 11) is 0. The van der Waals surface area contributed by atoms with E-state index < -0.39 is 4.92 Å². The van der Waals surface area contributed by atoms with Crippen LogP contribution in [0.3, 0.4) is 0 Å². The first-order chi connectivity index (χ1) is 11.5. The molecule has 1 aromatic heterocycles. The summed E-state index contributed by atoms with van der Waals surface area (Å²) in [5, 5.41) is 17.6. The molecule has 0 radical (unpaired) electrons. The number of nitro groups is 1. The quantitative estimate of drug-likeness (QED) is 0.655. The first-order valence-electron chi connectivity index (χ1n) is 7.77. The van der Waals surface area contributed by atoms with Gasteiger partial charge in [0.1, 0.15) is 0 Å². The van der Waals surface area contributed by atoms with Gasteiger partial charge in [-0.25, -0.2) is 4.98 Å². The average molecular weight is 346 g/mol. The predicted octanol–water partition coefficient (Wildman–Crippen LogP) is 3.08. The molecular formula is C16H18N4O3S. The number of benzene rings is 1. The Hall–Kier alpha value is -2.32. The number of nitrogens with zero attached hydrogens (tertiary/aromatic N) is 2. The molecule has 0 saturated carbocycles. The standard InChI is InChI=1S/C16H18N4O3S/c1-10-2-3-12(8-13(10)20(22)23)15(21)19-16-18-9-14(24-16)11-4-6-17-7-5-11/h2-3,8-9,11,17H,4-7H2,1H3,(H,18,19,21). The summed E-state index contributed by atoms with van der Waals surface area (Å²) in [5.41, 5.74) is 0.724. The second-order valence-corrected chi connectivity index (χ2v) is 6.87. The number of piperidine rings is 1. The summed E-state index contributed by atoms with van der Waals surface area (Å²) in [6, 6.07) is 4.46. The lowest BCUT2D eigenvalue weighted by molar-refractivity contribution is -0.385. The first-order valence-corrected chi connectivity index (χ1v) is 8.59. The van der Waals surface area contributed by atoms with E-state index in [1.807, 2.05) is 6.20 Å². The van der Waals surface area contributed by atoms with Crippen molar-refractivity contribution in [2.75, 3.05) is 18.4 Å². The number of carbonyl (C=O) groups excluding carboxylic acids is 1. The molecule has 0 atom stereocenters. The number of hydrogen-bond donors (Lipinski definition) is 2. The Morgan fingerprint density at radius 2 is 2.17 bits per heavy atom. The van der Waals surface area contributed by atoms with Gasteiger partial charge in [0.2, 0.25) is 0 Å². The number of nitrogens with one attached hydrogen (secondary N) is 2. The molecule has 0 spiro atoms. The SMILES string of the molecule is Cc1ccc(C(=O)Nc2ncc(C3CCNCC3)s2)cc1[N+](=O)[O-]. The largest absolute Gasteiger partial charge is 0.317 e. The summed E-state index contributed by atoms with van der Waals surface area (Å²) in [5.74, 6) is 0.0965. The van der Waals surface area contributed by atoms with Crippen LogP contribution in [0, 0.1) is 17.0 Å². The zero-order valence-electron chi connectivity index (χ0n) is 13.2. The highest BCUT2D eigenvalue weighted by atomic mass is 32.1. The lowest BCUT2D eigenvalue weighted by Gasteiger charge is -2.20. The monoisotopic (exact) mass is 346 g/mol. The summed E-state index contributed by atoms with van der Waals surface area (Å²) in [6.07, 6.45) is 3.95. The third-order valence-electron chi connectivity index (χ3n) is 4.15. The highest BCUT2D eigenvalue weighted by Gasteiger charge is 2.19. The van der Waals surface area contributed by atoms with Crippen LogP contribution in [0.1, 0.15) is 39.6 Å². The number of thiazole rings is 1. The molecule has 1 aliphatic rings. The fourth-order valence-corrected chi connectivity index (χ4v) is 3.74. The van der Waals surface area contributed by atoms with Gasteiger partial charge in [-0.2, -0.15) is 0 Å². The van der Waals surface area contributed by atoms with Crippen molar-refractivity contribution >= 4 is 28.1 Å². The molecule has 1 fully saturated rings. The molecule has 24 heavy (non-hydrogen) atoms. The van der Waals surface area contributed by atoms with Gasteiger partial charge in [0.25, 0.3) is 11.6 Å². The van der Waals surface area contributed by atoms with E-state index in [0.29, 0.717) is 16.6 Å². The van der Waals surface area contributed by atoms with Gasteiger partial charge in [-0.3, -0.25) is 20.2 Å². The maximum atomic E-state index is 12.3. The van der Waals surface area contributed by atoms with Crippen molar-refractivity contribution in [2.24, 2.45) is 0 Å². The summed E-state index contributed by atoms with van der Waals surface area (Å²) >= 11 is 1.47. The van der Waals surface area contributed by atoms with E-state index in [-0.39, 0.29) is 17.2 Å². The number of rotatable bonds is 4. The molecule has 2 heterocycles. The molecule has 3 rings (SSSR count). The number of nitro benzene ring substituents is 1. The van der Waals surface area contributed by atoms with Gasteiger partial charge in [0, 0.05) is 28.3 Å². The second-order valence-electron chi connectivity index (χ2n) is 5.80. The Balaban J connectivity index is 1.72. The van der Waals surface area contributed by atoms with Crippen LogP contribution in [0.2, 0.25) is 0 Å². The minimum Gasteiger partial charge on any atom is -0.317 e. The van der Waals surface area contributed by atoms with Crippen molar-refractivity contribution in [3.8, 4) is 0 Å². The Labute approximate surface area is 143 Å². The first kappa shape index (κ1) is 16.5. The van der Waals surface area contributed by atoms with Crippen molar-refractivity contribution < 1.29 is 9.72 Å². The summed E-state index contributed by atoms with van der Waals surface area (Å²) < 4.78 is 0. The van der Waals surface area contributed by atoms with Gasteiger partial charge in [0.15, 0.2) is 5.13 Å². The van der Waals surface area contributed by atoms with E-state index in [1.54, 1.807) is 19.1 Å². The Morgan fingerprint density at radius 1 is 1.42 bits per heavy atom. The lowest BCUT2D eigenvalue weighted by Crippen LogP contribution is -2.26. The van der Waals surface area contributed by atoms with Gasteiger partial charge in [-0.05, 0) is 44.8 Å². The average Bonchev–Trinajstić information content (AvgIpc) is 3.04. The number of aromatic nitrogens is 1. The van der Waals surface area contributed by atoms with Crippen molar-refractivity contribution in [1.29, 1.82) is 0 Å². The van der Waals surface area contributed by atoms with Gasteiger partial charge in [-0.15, -0.1) is 11.3 Å². The van der Waals surface area contributed by atoms with Crippen molar-refractivity contribution in [3.05, 3.63) is 50.5 Å². The molecule has 0 bridgehead atoms. The van der Waals surface area contributed by atoms with E-state index in [1.165, 1.54) is 22.3 Å². The number of hydrogen-bond acceptors (Lipinski definition) is 6. The van der Waals surface area contributed by atoms with E-state index in [9.17, 15) is 14.9 Å². The minimum atomic E-state index is -0.481. The van der Waals surface area contributed by atoms with Crippen LogP contribution >= 0.6 is 11.3 Å². The molecule has 0 unspecified atom stereocenters. The minimum absolute atomic E-state index is 0.0582. The van der Waals surface area contributed by atoms with Gasteiger partial charge >= 0.3 is 0 Å². The maximum Gasteiger partial charge on any atom is 0.273 e. The number of carbonyl (C=O) groups is 1. The van der Waals surface area contributed by atoms with E-state index in [2.05, 4.69) is 15.6 Å². The molecule has 1 saturated heterocycles. The normalized spacial score (nSPS) is 15.2. The Kier molecular flexibility index (Phi) is 4.86. The lowest BCUT2D eigenvalue weighted by atomic mass is 9.97. The van der Waals surface area contributed by atoms with Crippen molar-refractivity contribution in [1.82, 2.24) is 10.3 Å². The Bertz CT molecular complexity index is 768. The molecule has 2 N–H and O–H groups in total. The zero-order chi connectivity index (χ0) is 17.1. The highest BCUT2D eigenvalue weighted by Crippen LogP contribution is 2.32. The van der Waals surface area contributed by atoms with Crippen LogP contribution in [0.5, 0.6) is 0 Å². The van der Waals surface area contributed by atoms with E-state index >= 15 is 0 Å². The van der Waals surface area contributed by atoms with Crippen LogP contribution in [-0.4, -0.2) is 28.9 Å². The third-order valence-corrected chi connectivity index (χ3v) is 5.23.